The molecule has 0 aliphatic heterocycles. The van der Waals surface area contributed by atoms with Crippen LogP contribution in [-0.2, 0) is 0 Å². The van der Waals surface area contributed by atoms with E-state index in [1.807, 2.05) is 10.9 Å². The van der Waals surface area contributed by atoms with Crippen molar-refractivity contribution in [2.45, 2.75) is 37.8 Å². The summed E-state index contributed by atoms with van der Waals surface area (Å²) in [6.07, 6.45) is 5.01. The third kappa shape index (κ3) is 2.58. The molecule has 1 aliphatic carbocycles. The molecule has 21 heavy (non-hydrogen) atoms. The molecule has 1 aromatic carbocycles. The zero-order chi connectivity index (χ0) is 15.0. The predicted molar refractivity (Wildman–Crippen MR) is 76.8 cm³/mol. The number of fused-ring (bicyclic) bond motifs is 1. The van der Waals surface area contributed by atoms with Crippen LogP contribution in [0.4, 0.5) is 0 Å². The summed E-state index contributed by atoms with van der Waals surface area (Å²) in [7, 11) is 1.45. The molecule has 1 saturated carbocycles. The van der Waals surface area contributed by atoms with Crippen LogP contribution < -0.4 is 4.74 Å². The predicted octanol–water partition coefficient (Wildman–Crippen LogP) is 2.22. The van der Waals surface area contributed by atoms with Crippen LogP contribution in [0.3, 0.4) is 0 Å². The fraction of sp³-hybridized carbons (Fsp3) is 0.467. The molecule has 1 aliphatic rings. The van der Waals surface area contributed by atoms with E-state index < -0.39 is 5.97 Å². The van der Waals surface area contributed by atoms with Crippen molar-refractivity contribution in [2.24, 2.45) is 0 Å². The van der Waals surface area contributed by atoms with E-state index in [2.05, 4.69) is 5.10 Å². The van der Waals surface area contributed by atoms with Gasteiger partial charge < -0.3 is 14.9 Å². The molecule has 1 heterocycles. The van der Waals surface area contributed by atoms with Gasteiger partial charge in [-0.2, -0.15) is 5.10 Å². The lowest BCUT2D eigenvalue weighted by Gasteiger charge is -2.25. The lowest BCUT2D eigenvalue weighted by molar-refractivity contribution is 0.0693. The summed E-state index contributed by atoms with van der Waals surface area (Å²) in [6, 6.07) is 3.52. The van der Waals surface area contributed by atoms with Crippen LogP contribution >= 0.6 is 0 Å². The van der Waals surface area contributed by atoms with Gasteiger partial charge in [-0.15, -0.1) is 0 Å². The minimum absolute atomic E-state index is 0.142. The van der Waals surface area contributed by atoms with E-state index in [1.54, 1.807) is 12.1 Å². The minimum Gasteiger partial charge on any atom is -0.496 e. The van der Waals surface area contributed by atoms with E-state index in [4.69, 9.17) is 4.74 Å². The van der Waals surface area contributed by atoms with Gasteiger partial charge in [0.05, 0.1) is 24.8 Å². The number of carboxylic acid groups (broad SMARTS) is 1. The van der Waals surface area contributed by atoms with Gasteiger partial charge in [-0.05, 0) is 31.7 Å². The topological polar surface area (TPSA) is 84.6 Å². The standard InChI is InChI=1S/C15H18N2O4/c1-21-14-7-13-9(6-12(14)15(19)20)8-17(16-13)10-2-4-11(18)5-3-10/h6-8,10-11,18H,2-5H2,1H3,(H,19,20)/t10-,11+. The second-order valence-corrected chi connectivity index (χ2v) is 5.49. The smallest absolute Gasteiger partial charge is 0.339 e. The first-order chi connectivity index (χ1) is 10.1. The summed E-state index contributed by atoms with van der Waals surface area (Å²) in [5.74, 6) is -0.693. The first kappa shape index (κ1) is 13.9. The van der Waals surface area contributed by atoms with Crippen molar-refractivity contribution >= 4 is 16.9 Å². The molecule has 0 saturated heterocycles. The summed E-state index contributed by atoms with van der Waals surface area (Å²) in [4.78, 5) is 11.2. The molecule has 1 aromatic heterocycles. The van der Waals surface area contributed by atoms with Crippen LogP contribution in [0.25, 0.3) is 10.9 Å². The van der Waals surface area contributed by atoms with Crippen LogP contribution in [0.1, 0.15) is 42.1 Å². The maximum Gasteiger partial charge on any atom is 0.339 e. The average Bonchev–Trinajstić information content (AvgIpc) is 2.89. The fourth-order valence-electron chi connectivity index (χ4n) is 2.92. The third-order valence-corrected chi connectivity index (χ3v) is 4.11. The Labute approximate surface area is 121 Å². The Bertz CT molecular complexity index is 672. The van der Waals surface area contributed by atoms with Crippen LogP contribution in [0, 0.1) is 0 Å². The first-order valence-electron chi connectivity index (χ1n) is 7.06. The quantitative estimate of drug-likeness (QED) is 0.905. The number of benzene rings is 1. The van der Waals surface area contributed by atoms with E-state index in [1.165, 1.54) is 7.11 Å². The maximum absolute atomic E-state index is 11.2. The number of aromatic nitrogens is 2. The maximum atomic E-state index is 11.2. The van der Waals surface area contributed by atoms with Crippen molar-refractivity contribution in [3.63, 3.8) is 0 Å². The molecule has 0 atom stereocenters. The van der Waals surface area contributed by atoms with Crippen LogP contribution in [-0.4, -0.2) is 39.2 Å². The molecule has 0 spiro atoms. The summed E-state index contributed by atoms with van der Waals surface area (Å²) >= 11 is 0. The Morgan fingerprint density at radius 3 is 2.67 bits per heavy atom. The molecule has 1 fully saturated rings. The van der Waals surface area contributed by atoms with Crippen LogP contribution in [0.2, 0.25) is 0 Å². The van der Waals surface area contributed by atoms with E-state index in [9.17, 15) is 15.0 Å². The highest BCUT2D eigenvalue weighted by Crippen LogP contribution is 2.31. The van der Waals surface area contributed by atoms with Gasteiger partial charge in [-0.3, -0.25) is 4.68 Å². The number of methoxy groups -OCH3 is 1. The van der Waals surface area contributed by atoms with Crippen molar-refractivity contribution in [3.8, 4) is 5.75 Å². The molecule has 2 N–H and O–H groups in total. The van der Waals surface area contributed by atoms with E-state index in [0.717, 1.165) is 36.6 Å². The molecule has 6 nitrogen and oxygen atoms in total. The Hall–Kier alpha value is -2.08. The number of nitrogens with zero attached hydrogens (tertiary/aromatic N) is 2. The Morgan fingerprint density at radius 2 is 2.05 bits per heavy atom. The minimum atomic E-state index is -1.01. The zero-order valence-electron chi connectivity index (χ0n) is 11.8. The third-order valence-electron chi connectivity index (χ3n) is 4.11. The summed E-state index contributed by atoms with van der Waals surface area (Å²) < 4.78 is 7.01. The number of hydrogen-bond acceptors (Lipinski definition) is 4. The molecule has 3 rings (SSSR count). The number of aliphatic hydroxyl groups excluding tert-OH is 1. The van der Waals surface area contributed by atoms with Crippen LogP contribution in [0.15, 0.2) is 18.3 Å². The number of ether oxygens (including phenoxy) is 1. The van der Waals surface area contributed by atoms with Crippen molar-refractivity contribution in [1.29, 1.82) is 0 Å². The lowest BCUT2D eigenvalue weighted by atomic mass is 9.93. The highest BCUT2D eigenvalue weighted by atomic mass is 16.5. The average molecular weight is 290 g/mol. The van der Waals surface area contributed by atoms with Gasteiger partial charge in [0.2, 0.25) is 0 Å². The molecular formula is C15H18N2O4. The van der Waals surface area contributed by atoms with Gasteiger partial charge in [0, 0.05) is 17.6 Å². The van der Waals surface area contributed by atoms with Gasteiger partial charge in [0.1, 0.15) is 11.3 Å². The molecule has 0 bridgehead atoms. The number of aromatic carboxylic acids is 1. The van der Waals surface area contributed by atoms with Crippen molar-refractivity contribution in [2.75, 3.05) is 7.11 Å². The summed E-state index contributed by atoms with van der Waals surface area (Å²) in [6.45, 7) is 0. The normalized spacial score (nSPS) is 22.4. The van der Waals surface area contributed by atoms with Gasteiger partial charge in [-0.25, -0.2) is 4.79 Å². The largest absolute Gasteiger partial charge is 0.496 e. The highest BCUT2D eigenvalue weighted by Gasteiger charge is 2.22. The molecule has 112 valence electrons. The second kappa shape index (κ2) is 5.37. The van der Waals surface area contributed by atoms with Crippen molar-refractivity contribution in [1.82, 2.24) is 9.78 Å². The monoisotopic (exact) mass is 290 g/mol. The second-order valence-electron chi connectivity index (χ2n) is 5.49. The highest BCUT2D eigenvalue weighted by molar-refractivity contribution is 5.96. The van der Waals surface area contributed by atoms with E-state index in [-0.39, 0.29) is 17.7 Å². The number of hydrogen-bond donors (Lipinski definition) is 2. The Morgan fingerprint density at radius 1 is 1.33 bits per heavy atom. The van der Waals surface area contributed by atoms with Crippen molar-refractivity contribution in [3.05, 3.63) is 23.9 Å². The zero-order valence-corrected chi connectivity index (χ0v) is 11.8. The molecule has 0 radical (unpaired) electrons. The Balaban J connectivity index is 1.98. The summed E-state index contributed by atoms with van der Waals surface area (Å²) in [5, 5.41) is 24.1. The SMILES string of the molecule is COc1cc2nn([C@H]3CC[C@@H](O)CC3)cc2cc1C(=O)O. The molecule has 6 heteroatoms. The number of carbonyl (C=O) groups is 1. The number of rotatable bonds is 3. The molecule has 0 unspecified atom stereocenters. The Kier molecular flexibility index (Phi) is 3.55. The van der Waals surface area contributed by atoms with Crippen molar-refractivity contribution < 1.29 is 19.7 Å². The lowest BCUT2D eigenvalue weighted by Crippen LogP contribution is -2.21. The molecular weight excluding hydrogens is 272 g/mol. The summed E-state index contributed by atoms with van der Waals surface area (Å²) in [5.41, 5.74) is 0.867. The van der Waals surface area contributed by atoms with Crippen LogP contribution in [0.5, 0.6) is 5.75 Å². The molecule has 0 amide bonds. The van der Waals surface area contributed by atoms with Gasteiger partial charge in [0.15, 0.2) is 0 Å². The molecule has 2 aromatic rings. The van der Waals surface area contributed by atoms with E-state index in [0.29, 0.717) is 5.75 Å². The van der Waals surface area contributed by atoms with Gasteiger partial charge in [-0.1, -0.05) is 0 Å². The van der Waals surface area contributed by atoms with Gasteiger partial charge >= 0.3 is 5.97 Å². The fourth-order valence-corrected chi connectivity index (χ4v) is 2.92. The van der Waals surface area contributed by atoms with E-state index >= 15 is 0 Å². The first-order valence-corrected chi connectivity index (χ1v) is 7.06. The number of carboxylic acids is 1. The van der Waals surface area contributed by atoms with Gasteiger partial charge in [0.25, 0.3) is 0 Å². The number of aliphatic hydroxyl groups is 1.